The molecule has 1 fully saturated rings. The van der Waals surface area contributed by atoms with Gasteiger partial charge in [0.25, 0.3) is 0 Å². The average Bonchev–Trinajstić information content (AvgIpc) is 3.01. The smallest absolute Gasteiger partial charge is 0.242 e. The number of fused-ring (bicyclic) bond motifs is 11. The second kappa shape index (κ2) is 12.8. The van der Waals surface area contributed by atoms with E-state index in [1.807, 2.05) is 41.3 Å². The first-order valence-corrected chi connectivity index (χ1v) is 14.3. The van der Waals surface area contributed by atoms with Crippen LogP contribution in [0.2, 0.25) is 0 Å². The summed E-state index contributed by atoms with van der Waals surface area (Å²) in [6.07, 6.45) is 1.83. The summed E-state index contributed by atoms with van der Waals surface area (Å²) in [6, 6.07) is 11.4. The molecule has 2 aromatic carbocycles. The molecule has 41 heavy (non-hydrogen) atoms. The Bertz CT molecular complexity index is 1260. The number of hydrogen-bond donors (Lipinski definition) is 0. The molecular formula is C31H39N3O7. The van der Waals surface area contributed by atoms with Crippen molar-refractivity contribution in [3.63, 3.8) is 0 Å². The number of methoxy groups -OCH3 is 2. The lowest BCUT2D eigenvalue weighted by Crippen LogP contribution is -2.50. The molecule has 0 spiro atoms. The second-order valence-corrected chi connectivity index (χ2v) is 10.7. The van der Waals surface area contributed by atoms with Gasteiger partial charge in [0.1, 0.15) is 12.4 Å². The molecule has 0 aromatic heterocycles. The van der Waals surface area contributed by atoms with E-state index in [4.69, 9.17) is 18.9 Å². The highest BCUT2D eigenvalue weighted by molar-refractivity contribution is 5.87. The van der Waals surface area contributed by atoms with Crippen molar-refractivity contribution in [1.82, 2.24) is 14.7 Å². The molecule has 6 rings (SSSR count). The molecule has 0 aliphatic carbocycles. The van der Waals surface area contributed by atoms with Gasteiger partial charge in [-0.05, 0) is 60.2 Å². The van der Waals surface area contributed by atoms with E-state index < -0.39 is 0 Å². The third kappa shape index (κ3) is 6.27. The Kier molecular flexibility index (Phi) is 8.97. The topological polar surface area (TPSA) is 97.9 Å². The van der Waals surface area contributed by atoms with E-state index in [-0.39, 0.29) is 36.2 Å². The van der Waals surface area contributed by atoms with Gasteiger partial charge < -0.3 is 33.6 Å². The summed E-state index contributed by atoms with van der Waals surface area (Å²) >= 11 is 0. The van der Waals surface area contributed by atoms with Crippen LogP contribution in [0, 0.1) is 5.92 Å². The summed E-state index contributed by atoms with van der Waals surface area (Å²) in [5.41, 5.74) is 3.01. The molecule has 4 aliphatic heterocycles. The molecule has 1 unspecified atom stereocenters. The number of nitrogens with zero attached hydrogens (tertiary/aromatic N) is 3. The molecule has 0 N–H and O–H groups in total. The molecule has 4 heterocycles. The highest BCUT2D eigenvalue weighted by Gasteiger charge is 2.36. The molecule has 1 atom stereocenters. The molecule has 220 valence electrons. The van der Waals surface area contributed by atoms with Gasteiger partial charge in [-0.2, -0.15) is 0 Å². The van der Waals surface area contributed by atoms with Gasteiger partial charge in [-0.3, -0.25) is 14.4 Å². The van der Waals surface area contributed by atoms with Crippen LogP contribution in [0.1, 0.15) is 42.5 Å². The number of benzene rings is 2. The fraction of sp³-hybridized carbons (Fsp3) is 0.516. The van der Waals surface area contributed by atoms with Crippen LogP contribution in [0.25, 0.3) is 0 Å². The van der Waals surface area contributed by atoms with Crippen LogP contribution >= 0.6 is 0 Å². The number of likely N-dealkylation sites (tertiary alicyclic amines) is 1. The van der Waals surface area contributed by atoms with Gasteiger partial charge in [-0.25, -0.2) is 0 Å². The standard InChI is InChI=1S/C31H39N3O7/c1-21(35)32-11-8-23(9-12-32)31(37)33-14-15-40-16-17-41-25-6-4-22(5-7-25)30-26-19-28(39-3)27(38-2)18-24(26)10-13-34(30)29(36)20-33/h4-7,18-19,23,30H,8-17,20H2,1-3H3. The first-order chi connectivity index (χ1) is 19.9. The highest BCUT2D eigenvalue weighted by atomic mass is 16.5. The summed E-state index contributed by atoms with van der Waals surface area (Å²) in [6.45, 7) is 4.47. The van der Waals surface area contributed by atoms with E-state index in [1.165, 1.54) is 0 Å². The van der Waals surface area contributed by atoms with E-state index in [0.717, 1.165) is 22.4 Å². The Morgan fingerprint density at radius 1 is 0.878 bits per heavy atom. The zero-order chi connectivity index (χ0) is 28.9. The molecular weight excluding hydrogens is 526 g/mol. The number of hydrogen-bond acceptors (Lipinski definition) is 7. The number of amides is 3. The fourth-order valence-electron chi connectivity index (χ4n) is 6.04. The Morgan fingerprint density at radius 2 is 1.59 bits per heavy atom. The van der Waals surface area contributed by atoms with E-state index in [9.17, 15) is 14.4 Å². The summed E-state index contributed by atoms with van der Waals surface area (Å²) in [7, 11) is 3.22. The van der Waals surface area contributed by atoms with Crippen LogP contribution in [0.4, 0.5) is 0 Å². The van der Waals surface area contributed by atoms with Crippen molar-refractivity contribution in [2.75, 3.05) is 66.8 Å². The zero-order valence-electron chi connectivity index (χ0n) is 24.1. The van der Waals surface area contributed by atoms with Gasteiger partial charge in [0.05, 0.1) is 40.0 Å². The van der Waals surface area contributed by atoms with Crippen molar-refractivity contribution in [3.05, 3.63) is 53.1 Å². The molecule has 2 aromatic rings. The minimum absolute atomic E-state index is 0.0227. The number of piperidine rings is 1. The molecule has 10 heteroatoms. The summed E-state index contributed by atoms with van der Waals surface area (Å²) in [4.78, 5) is 44.9. The number of rotatable bonds is 3. The summed E-state index contributed by atoms with van der Waals surface area (Å²) in [5.74, 6) is 1.58. The normalized spacial score (nSPS) is 20.3. The minimum Gasteiger partial charge on any atom is -0.493 e. The lowest BCUT2D eigenvalue weighted by atomic mass is 9.87. The van der Waals surface area contributed by atoms with Gasteiger partial charge in [-0.15, -0.1) is 0 Å². The maximum Gasteiger partial charge on any atom is 0.242 e. The molecule has 0 radical (unpaired) electrons. The van der Waals surface area contributed by atoms with Crippen molar-refractivity contribution in [2.24, 2.45) is 5.92 Å². The second-order valence-electron chi connectivity index (χ2n) is 10.7. The fourth-order valence-corrected chi connectivity index (χ4v) is 6.04. The number of ether oxygens (including phenoxy) is 4. The van der Waals surface area contributed by atoms with Crippen LogP contribution in [0.15, 0.2) is 36.4 Å². The minimum atomic E-state index is -0.364. The molecule has 4 aliphatic rings. The lowest BCUT2D eigenvalue weighted by Gasteiger charge is -2.40. The first kappa shape index (κ1) is 28.7. The Morgan fingerprint density at radius 3 is 2.27 bits per heavy atom. The van der Waals surface area contributed by atoms with Crippen molar-refractivity contribution >= 4 is 17.7 Å². The van der Waals surface area contributed by atoms with Crippen molar-refractivity contribution in [2.45, 2.75) is 32.2 Å². The highest BCUT2D eigenvalue weighted by Crippen LogP contribution is 2.41. The third-order valence-corrected chi connectivity index (χ3v) is 8.32. The summed E-state index contributed by atoms with van der Waals surface area (Å²) < 4.78 is 22.8. The average molecular weight is 566 g/mol. The monoisotopic (exact) mass is 565 g/mol. The number of carbonyl (C=O) groups excluding carboxylic acids is 3. The van der Waals surface area contributed by atoms with Crippen LogP contribution in [-0.4, -0.2) is 99.2 Å². The first-order valence-electron chi connectivity index (χ1n) is 14.3. The van der Waals surface area contributed by atoms with E-state index in [1.54, 1.807) is 30.9 Å². The van der Waals surface area contributed by atoms with Gasteiger partial charge in [0, 0.05) is 39.0 Å². The van der Waals surface area contributed by atoms with E-state index in [0.29, 0.717) is 76.8 Å². The van der Waals surface area contributed by atoms with Crippen LogP contribution < -0.4 is 14.2 Å². The quantitative estimate of drug-likeness (QED) is 0.528. The van der Waals surface area contributed by atoms with Gasteiger partial charge in [0.15, 0.2) is 11.5 Å². The largest absolute Gasteiger partial charge is 0.493 e. The van der Waals surface area contributed by atoms with Crippen molar-refractivity contribution in [1.29, 1.82) is 0 Å². The van der Waals surface area contributed by atoms with Crippen molar-refractivity contribution < 1.29 is 33.3 Å². The van der Waals surface area contributed by atoms with Gasteiger partial charge >= 0.3 is 0 Å². The van der Waals surface area contributed by atoms with Gasteiger partial charge in [0.2, 0.25) is 17.7 Å². The van der Waals surface area contributed by atoms with E-state index in [2.05, 4.69) is 0 Å². The maximum atomic E-state index is 14.1. The summed E-state index contributed by atoms with van der Waals surface area (Å²) in [5, 5.41) is 0. The van der Waals surface area contributed by atoms with E-state index >= 15 is 0 Å². The molecule has 0 saturated carbocycles. The Hall–Kier alpha value is -3.79. The zero-order valence-corrected chi connectivity index (χ0v) is 24.1. The predicted molar refractivity (Wildman–Crippen MR) is 151 cm³/mol. The number of carbonyl (C=O) groups is 3. The van der Waals surface area contributed by atoms with Crippen LogP contribution in [0.3, 0.4) is 0 Å². The van der Waals surface area contributed by atoms with Crippen molar-refractivity contribution in [3.8, 4) is 17.2 Å². The third-order valence-electron chi connectivity index (χ3n) is 8.32. The molecule has 1 saturated heterocycles. The van der Waals surface area contributed by atoms with Crippen LogP contribution in [0.5, 0.6) is 17.2 Å². The van der Waals surface area contributed by atoms with Gasteiger partial charge in [-0.1, -0.05) is 12.1 Å². The predicted octanol–water partition coefficient (Wildman–Crippen LogP) is 2.67. The molecule has 10 nitrogen and oxygen atoms in total. The Labute approximate surface area is 241 Å². The SMILES string of the molecule is COc1cc2c(cc1OC)C1c3ccc(cc3)OCCOCCN(C(=O)C3CCN(C(C)=O)CC3)CC(=O)N1CC2. The lowest BCUT2D eigenvalue weighted by molar-refractivity contribution is -0.146. The molecule has 2 bridgehead atoms. The maximum absolute atomic E-state index is 14.1. The Balaban J connectivity index is 1.46. The molecule has 3 amide bonds. The van der Waals surface area contributed by atoms with Crippen LogP contribution in [-0.2, 0) is 25.5 Å².